The summed E-state index contributed by atoms with van der Waals surface area (Å²) in [5, 5.41) is 13.3. The van der Waals surface area contributed by atoms with E-state index in [1.807, 2.05) is 4.90 Å². The van der Waals surface area contributed by atoms with E-state index in [4.69, 9.17) is 9.84 Å². The molecule has 1 aliphatic heterocycles. The molecule has 1 aromatic heterocycles. The Hall–Kier alpha value is -2.18. The van der Waals surface area contributed by atoms with Crippen LogP contribution >= 0.6 is 0 Å². The van der Waals surface area contributed by atoms with Crippen molar-refractivity contribution in [1.82, 2.24) is 14.7 Å². The molecule has 0 bridgehead atoms. The molecule has 2 aliphatic rings. The largest absolute Gasteiger partial charge is 0.394 e. The number of hydrogen-bond acceptors (Lipinski definition) is 4. The van der Waals surface area contributed by atoms with Crippen LogP contribution in [0.15, 0.2) is 42.6 Å². The first-order chi connectivity index (χ1) is 14.6. The highest BCUT2D eigenvalue weighted by Crippen LogP contribution is 2.52. The van der Waals surface area contributed by atoms with E-state index in [1.165, 1.54) is 24.8 Å². The fraction of sp³-hybridized carbons (Fsp3) is 0.583. The average Bonchev–Trinajstić information content (AvgIpc) is 3.42. The van der Waals surface area contributed by atoms with E-state index in [-0.39, 0.29) is 17.9 Å². The molecule has 1 aliphatic carbocycles. The number of carbonyl (C=O) groups is 1. The van der Waals surface area contributed by atoms with Gasteiger partial charge in [0.25, 0.3) is 5.91 Å². The van der Waals surface area contributed by atoms with E-state index in [0.29, 0.717) is 12.2 Å². The second-order valence-electron chi connectivity index (χ2n) is 8.96. The first kappa shape index (κ1) is 21.1. The summed E-state index contributed by atoms with van der Waals surface area (Å²) in [7, 11) is 1.79. The van der Waals surface area contributed by atoms with Crippen LogP contribution in [0.5, 0.6) is 0 Å². The molecule has 6 nitrogen and oxygen atoms in total. The van der Waals surface area contributed by atoms with Crippen molar-refractivity contribution in [3.05, 3.63) is 53.9 Å². The Morgan fingerprint density at radius 2 is 2.00 bits per heavy atom. The van der Waals surface area contributed by atoms with E-state index in [9.17, 15) is 4.79 Å². The van der Waals surface area contributed by atoms with Crippen LogP contribution in [-0.4, -0.2) is 59.1 Å². The molecule has 2 aromatic rings. The Morgan fingerprint density at radius 3 is 2.70 bits per heavy atom. The minimum absolute atomic E-state index is 0.0101. The molecular formula is C24H33N3O3. The predicted molar refractivity (Wildman–Crippen MR) is 115 cm³/mol. The van der Waals surface area contributed by atoms with Crippen LogP contribution in [0.1, 0.15) is 54.1 Å². The molecule has 4 rings (SSSR count). The summed E-state index contributed by atoms with van der Waals surface area (Å²) in [5.74, 6) is 1.50. The van der Waals surface area contributed by atoms with Crippen molar-refractivity contribution in [2.45, 2.75) is 44.6 Å². The second-order valence-corrected chi connectivity index (χ2v) is 8.96. The van der Waals surface area contributed by atoms with Crippen LogP contribution in [0, 0.1) is 11.3 Å². The fourth-order valence-corrected chi connectivity index (χ4v) is 4.99. The number of aliphatic hydroxyl groups is 1. The van der Waals surface area contributed by atoms with Gasteiger partial charge in [0.2, 0.25) is 0 Å². The van der Waals surface area contributed by atoms with E-state index < -0.39 is 0 Å². The molecular weight excluding hydrogens is 378 g/mol. The fourth-order valence-electron chi connectivity index (χ4n) is 4.99. The highest BCUT2D eigenvalue weighted by Gasteiger charge is 2.42. The number of nitrogens with zero attached hydrogens (tertiary/aromatic N) is 3. The molecule has 0 radical (unpaired) electrons. The number of ether oxygens (including phenoxy) is 1. The molecule has 1 saturated carbocycles. The predicted octanol–water partition coefficient (Wildman–Crippen LogP) is 3.33. The zero-order valence-corrected chi connectivity index (χ0v) is 17.9. The maximum atomic E-state index is 12.8. The molecule has 30 heavy (non-hydrogen) atoms. The van der Waals surface area contributed by atoms with Crippen LogP contribution in [0.4, 0.5) is 0 Å². The number of benzene rings is 1. The maximum absolute atomic E-state index is 12.8. The lowest BCUT2D eigenvalue weighted by Crippen LogP contribution is -2.45. The Labute approximate surface area is 178 Å². The molecule has 6 heteroatoms. The van der Waals surface area contributed by atoms with E-state index in [0.717, 1.165) is 44.4 Å². The van der Waals surface area contributed by atoms with Crippen LogP contribution < -0.4 is 0 Å². The standard InChI is InChI=1S/C24H33N3O3/c1-30-18-24(9-7-20-17-21(20)19-5-3-2-4-6-19)10-13-26(14-11-24)23(29)22-8-12-27(25-22)15-16-28/h2-6,8,12,20-21,28H,7,9-11,13-18H2,1H3/t20-,21?/m1/s1. The summed E-state index contributed by atoms with van der Waals surface area (Å²) in [4.78, 5) is 14.7. The summed E-state index contributed by atoms with van der Waals surface area (Å²) in [6.07, 6.45) is 7.42. The minimum Gasteiger partial charge on any atom is -0.394 e. The molecule has 1 unspecified atom stereocenters. The molecule has 2 atom stereocenters. The first-order valence-electron chi connectivity index (χ1n) is 11.1. The van der Waals surface area contributed by atoms with Crippen LogP contribution in [0.3, 0.4) is 0 Å². The van der Waals surface area contributed by atoms with Crippen molar-refractivity contribution < 1.29 is 14.6 Å². The SMILES string of the molecule is COCC1(CC[C@@H]2CC2c2ccccc2)CCN(C(=O)c2ccn(CCO)n2)CC1. The number of rotatable bonds is 9. The van der Waals surface area contributed by atoms with Crippen molar-refractivity contribution in [3.8, 4) is 0 Å². The number of piperidine rings is 1. The van der Waals surface area contributed by atoms with Gasteiger partial charge in [-0.05, 0) is 61.0 Å². The number of likely N-dealkylation sites (tertiary alicyclic amines) is 1. The highest BCUT2D eigenvalue weighted by atomic mass is 16.5. The number of methoxy groups -OCH3 is 1. The number of carbonyl (C=O) groups excluding carboxylic acids is 1. The second kappa shape index (κ2) is 9.31. The molecule has 1 aromatic carbocycles. The maximum Gasteiger partial charge on any atom is 0.274 e. The molecule has 0 spiro atoms. The van der Waals surface area contributed by atoms with Gasteiger partial charge in [-0.25, -0.2) is 0 Å². The average molecular weight is 412 g/mol. The van der Waals surface area contributed by atoms with E-state index in [1.54, 1.807) is 24.1 Å². The molecule has 2 heterocycles. The smallest absolute Gasteiger partial charge is 0.274 e. The summed E-state index contributed by atoms with van der Waals surface area (Å²) in [5.41, 5.74) is 2.11. The van der Waals surface area contributed by atoms with Crippen molar-refractivity contribution in [1.29, 1.82) is 0 Å². The third kappa shape index (κ3) is 4.76. The number of aromatic nitrogens is 2. The number of hydrogen-bond donors (Lipinski definition) is 1. The first-order valence-corrected chi connectivity index (χ1v) is 11.1. The van der Waals surface area contributed by atoms with Crippen molar-refractivity contribution in [2.75, 3.05) is 33.4 Å². The Balaban J connectivity index is 1.30. The van der Waals surface area contributed by atoms with Crippen LogP contribution in [0.25, 0.3) is 0 Å². The van der Waals surface area contributed by atoms with E-state index in [2.05, 4.69) is 35.4 Å². The summed E-state index contributed by atoms with van der Waals surface area (Å²) >= 11 is 0. The van der Waals surface area contributed by atoms with Crippen molar-refractivity contribution in [3.63, 3.8) is 0 Å². The lowest BCUT2D eigenvalue weighted by Gasteiger charge is -2.41. The van der Waals surface area contributed by atoms with Gasteiger partial charge in [-0.2, -0.15) is 5.10 Å². The Bertz CT molecular complexity index is 827. The van der Waals surface area contributed by atoms with Gasteiger partial charge in [0.1, 0.15) is 5.69 Å². The molecule has 1 N–H and O–H groups in total. The van der Waals surface area contributed by atoms with Gasteiger partial charge < -0.3 is 14.7 Å². The number of aliphatic hydroxyl groups excluding tert-OH is 1. The number of amides is 1. The summed E-state index contributed by atoms with van der Waals surface area (Å²) < 4.78 is 7.23. The lowest BCUT2D eigenvalue weighted by molar-refractivity contribution is 0.0131. The van der Waals surface area contributed by atoms with Crippen LogP contribution in [-0.2, 0) is 11.3 Å². The Kier molecular flexibility index (Phi) is 6.54. The van der Waals surface area contributed by atoms with Crippen LogP contribution in [0.2, 0.25) is 0 Å². The van der Waals surface area contributed by atoms with Gasteiger partial charge in [-0.1, -0.05) is 30.3 Å². The Morgan fingerprint density at radius 1 is 1.23 bits per heavy atom. The zero-order valence-electron chi connectivity index (χ0n) is 17.9. The third-order valence-corrected chi connectivity index (χ3v) is 6.95. The minimum atomic E-state index is -0.0101. The van der Waals surface area contributed by atoms with Crippen molar-refractivity contribution >= 4 is 5.91 Å². The summed E-state index contributed by atoms with van der Waals surface area (Å²) in [6, 6.07) is 12.6. The normalized spacial score (nSPS) is 22.8. The molecule has 1 amide bonds. The van der Waals surface area contributed by atoms with Gasteiger partial charge in [-0.15, -0.1) is 0 Å². The monoisotopic (exact) mass is 411 g/mol. The van der Waals surface area contributed by atoms with Gasteiger partial charge in [0.15, 0.2) is 0 Å². The van der Waals surface area contributed by atoms with Gasteiger partial charge >= 0.3 is 0 Å². The van der Waals surface area contributed by atoms with E-state index >= 15 is 0 Å². The third-order valence-electron chi connectivity index (χ3n) is 6.95. The van der Waals surface area contributed by atoms with Gasteiger partial charge in [-0.3, -0.25) is 9.48 Å². The van der Waals surface area contributed by atoms with Gasteiger partial charge in [0.05, 0.1) is 19.8 Å². The topological polar surface area (TPSA) is 67.6 Å². The molecule has 2 fully saturated rings. The quantitative estimate of drug-likeness (QED) is 0.687. The lowest BCUT2D eigenvalue weighted by atomic mass is 9.74. The zero-order chi connectivity index (χ0) is 21.0. The highest BCUT2D eigenvalue weighted by molar-refractivity contribution is 5.92. The molecule has 1 saturated heterocycles. The van der Waals surface area contributed by atoms with Gasteiger partial charge in [0, 0.05) is 26.4 Å². The summed E-state index contributed by atoms with van der Waals surface area (Å²) in [6.45, 7) is 2.70. The van der Waals surface area contributed by atoms with Crippen molar-refractivity contribution in [2.24, 2.45) is 11.3 Å². The molecule has 162 valence electrons.